The van der Waals surface area contributed by atoms with Crippen molar-refractivity contribution >= 4 is 21.5 Å². The Morgan fingerprint density at radius 3 is 2.56 bits per heavy atom. The lowest BCUT2D eigenvalue weighted by atomic mass is 9.94. The monoisotopic (exact) mass is 464 g/mol. The van der Waals surface area contributed by atoms with Crippen molar-refractivity contribution in [1.82, 2.24) is 5.48 Å². The Labute approximate surface area is 185 Å². The molecule has 0 radical (unpaired) electrons. The molecule has 172 valence electrons. The van der Waals surface area contributed by atoms with E-state index in [9.17, 15) is 17.6 Å². The van der Waals surface area contributed by atoms with Crippen LogP contribution in [0.2, 0.25) is 0 Å². The zero-order valence-corrected chi connectivity index (χ0v) is 19.0. The highest BCUT2D eigenvalue weighted by Gasteiger charge is 2.47. The molecule has 8 nitrogen and oxygen atoms in total. The van der Waals surface area contributed by atoms with E-state index >= 15 is 0 Å². The molecule has 1 aliphatic rings. The van der Waals surface area contributed by atoms with Gasteiger partial charge >= 0.3 is 0 Å². The summed E-state index contributed by atoms with van der Waals surface area (Å²) in [5.41, 5.74) is 4.35. The number of methoxy groups -OCH3 is 1. The quantitative estimate of drug-likeness (QED) is 0.481. The van der Waals surface area contributed by atoms with Crippen molar-refractivity contribution in [2.24, 2.45) is 5.16 Å². The van der Waals surface area contributed by atoms with Crippen LogP contribution in [0.4, 0.5) is 4.39 Å². The van der Waals surface area contributed by atoms with Crippen LogP contribution >= 0.6 is 0 Å². The van der Waals surface area contributed by atoms with E-state index in [1.165, 1.54) is 18.5 Å². The number of amides is 1. The zero-order chi connectivity index (χ0) is 23.7. The number of hydroxylamine groups is 1. The van der Waals surface area contributed by atoms with Gasteiger partial charge in [-0.25, -0.2) is 18.3 Å². The van der Waals surface area contributed by atoms with Gasteiger partial charge in [-0.3, -0.25) is 10.0 Å². The van der Waals surface area contributed by atoms with E-state index in [4.69, 9.17) is 14.8 Å². The molecule has 32 heavy (non-hydrogen) atoms. The average Bonchev–Trinajstić information content (AvgIpc) is 3.20. The number of nitrogens with zero attached hydrogens (tertiary/aromatic N) is 1. The van der Waals surface area contributed by atoms with E-state index in [1.807, 2.05) is 13.0 Å². The van der Waals surface area contributed by atoms with Gasteiger partial charge in [0.25, 0.3) is 5.91 Å². The van der Waals surface area contributed by atoms with Crippen LogP contribution in [0, 0.1) is 12.7 Å². The smallest absolute Gasteiger partial charge is 0.264 e. The van der Waals surface area contributed by atoms with Gasteiger partial charge in [-0.1, -0.05) is 23.4 Å². The molecule has 3 rings (SSSR count). The number of sulfone groups is 1. The van der Waals surface area contributed by atoms with E-state index in [-0.39, 0.29) is 12.8 Å². The number of halogens is 1. The van der Waals surface area contributed by atoms with Crippen molar-refractivity contribution in [3.63, 3.8) is 0 Å². The molecule has 2 N–H and O–H groups in total. The maximum Gasteiger partial charge on any atom is 0.264 e. The molecule has 1 aliphatic heterocycles. The predicted octanol–water partition coefficient (Wildman–Crippen LogP) is 3.00. The van der Waals surface area contributed by atoms with Crippen LogP contribution in [0.25, 0.3) is 11.1 Å². The van der Waals surface area contributed by atoms with Gasteiger partial charge in [-0.15, -0.1) is 0 Å². The van der Waals surface area contributed by atoms with Crippen LogP contribution in [0.3, 0.4) is 0 Å². The zero-order valence-electron chi connectivity index (χ0n) is 18.2. The first-order valence-corrected chi connectivity index (χ1v) is 11.7. The number of hydrogen-bond acceptors (Lipinski definition) is 7. The molecule has 2 atom stereocenters. The highest BCUT2D eigenvalue weighted by molar-refractivity contribution is 7.92. The number of rotatable bonds is 7. The number of oxime groups is 1. The van der Waals surface area contributed by atoms with E-state index in [2.05, 4.69) is 5.16 Å². The Morgan fingerprint density at radius 2 is 2.00 bits per heavy atom. The summed E-state index contributed by atoms with van der Waals surface area (Å²) in [7, 11) is -2.30. The van der Waals surface area contributed by atoms with Gasteiger partial charge in [-0.05, 0) is 43.2 Å². The van der Waals surface area contributed by atoms with Crippen LogP contribution in [0.15, 0.2) is 41.6 Å². The second kappa shape index (κ2) is 8.87. The van der Waals surface area contributed by atoms with Crippen LogP contribution in [0.1, 0.15) is 30.9 Å². The molecule has 0 bridgehead atoms. The van der Waals surface area contributed by atoms with Crippen LogP contribution in [-0.2, 0) is 19.5 Å². The minimum Gasteiger partial charge on any atom is -0.497 e. The molecule has 10 heteroatoms. The Morgan fingerprint density at radius 1 is 1.31 bits per heavy atom. The van der Waals surface area contributed by atoms with Crippen molar-refractivity contribution in [3.05, 3.63) is 53.3 Å². The Kier molecular flexibility index (Phi) is 6.56. The molecular weight excluding hydrogens is 439 g/mol. The van der Waals surface area contributed by atoms with Crippen LogP contribution in [0.5, 0.6) is 5.75 Å². The summed E-state index contributed by atoms with van der Waals surface area (Å²) in [4.78, 5) is 17.3. The SMILES string of the molecule is COc1ccc(-c2ccc(C3=NO[C@@H](C[C@](C)(C(=O)NO)S(C)(=O)=O)C3)cc2F)c(C)c1. The summed E-state index contributed by atoms with van der Waals surface area (Å²) >= 11 is 0. The fraction of sp³-hybridized carbons (Fsp3) is 0.364. The largest absolute Gasteiger partial charge is 0.497 e. The lowest BCUT2D eigenvalue weighted by molar-refractivity contribution is -0.132. The number of nitrogens with one attached hydrogen (secondary N) is 1. The maximum absolute atomic E-state index is 14.9. The normalized spacial score (nSPS) is 17.8. The molecule has 1 amide bonds. The van der Waals surface area contributed by atoms with Gasteiger partial charge < -0.3 is 9.57 Å². The van der Waals surface area contributed by atoms with E-state index in [0.29, 0.717) is 22.6 Å². The lowest BCUT2D eigenvalue weighted by Gasteiger charge is -2.26. The molecular formula is C22H25FN2O6S. The number of aryl methyl sites for hydroxylation is 1. The summed E-state index contributed by atoms with van der Waals surface area (Å²) in [5.74, 6) is -0.812. The molecule has 2 aromatic carbocycles. The summed E-state index contributed by atoms with van der Waals surface area (Å²) in [6, 6.07) is 10.1. The highest BCUT2D eigenvalue weighted by atomic mass is 32.2. The van der Waals surface area contributed by atoms with Crippen LogP contribution in [-0.4, -0.2) is 49.5 Å². The van der Waals surface area contributed by atoms with Gasteiger partial charge in [0.05, 0.1) is 12.8 Å². The van der Waals surface area contributed by atoms with Crippen LogP contribution < -0.4 is 10.2 Å². The predicted molar refractivity (Wildman–Crippen MR) is 117 cm³/mol. The highest BCUT2D eigenvalue weighted by Crippen LogP contribution is 2.32. The molecule has 0 aromatic heterocycles. The molecule has 0 spiro atoms. The fourth-order valence-electron chi connectivity index (χ4n) is 3.65. The molecule has 0 fully saturated rings. The minimum atomic E-state index is -3.87. The molecule has 2 aromatic rings. The van der Waals surface area contributed by atoms with Crippen molar-refractivity contribution in [1.29, 1.82) is 0 Å². The Bertz CT molecular complexity index is 1180. The Hall–Kier alpha value is -2.98. The van der Waals surface area contributed by atoms with Crippen molar-refractivity contribution < 1.29 is 32.4 Å². The second-order valence-corrected chi connectivity index (χ2v) is 10.4. The second-order valence-electron chi connectivity index (χ2n) is 7.99. The molecule has 1 heterocycles. The van der Waals surface area contributed by atoms with Crippen molar-refractivity contribution in [3.8, 4) is 16.9 Å². The van der Waals surface area contributed by atoms with Crippen molar-refractivity contribution in [2.75, 3.05) is 13.4 Å². The van der Waals surface area contributed by atoms with Gasteiger partial charge in [0.2, 0.25) is 0 Å². The first kappa shape index (κ1) is 23.7. The fourth-order valence-corrected chi connectivity index (χ4v) is 4.52. The number of ether oxygens (including phenoxy) is 1. The molecule has 0 unspecified atom stereocenters. The lowest BCUT2D eigenvalue weighted by Crippen LogP contribution is -2.51. The van der Waals surface area contributed by atoms with E-state index < -0.39 is 32.4 Å². The number of carbonyl (C=O) groups excluding carboxylic acids is 1. The third-order valence-corrected chi connectivity index (χ3v) is 7.77. The Balaban J connectivity index is 1.80. The maximum atomic E-state index is 14.9. The van der Waals surface area contributed by atoms with Gasteiger partial charge in [0.15, 0.2) is 14.6 Å². The molecule has 0 aliphatic carbocycles. The number of hydrogen-bond donors (Lipinski definition) is 2. The van der Waals surface area contributed by atoms with Gasteiger partial charge in [-0.2, -0.15) is 0 Å². The van der Waals surface area contributed by atoms with Crippen molar-refractivity contribution in [2.45, 2.75) is 37.5 Å². The minimum absolute atomic E-state index is 0.185. The van der Waals surface area contributed by atoms with Gasteiger partial charge in [0.1, 0.15) is 17.7 Å². The first-order chi connectivity index (χ1) is 15.0. The number of benzene rings is 2. The third kappa shape index (κ3) is 4.46. The third-order valence-electron chi connectivity index (χ3n) is 5.78. The standard InChI is InChI=1S/C22H25FN2O6S/c1-13-9-15(30-3)6-8-17(13)18-7-5-14(10-19(18)23)20-11-16(31-25-20)12-22(2,21(26)24-27)32(4,28)29/h5-10,16,27H,11-12H2,1-4H3,(H,24,26)/t16-,22-/m1/s1. The van der Waals surface area contributed by atoms with E-state index in [0.717, 1.165) is 17.4 Å². The summed E-state index contributed by atoms with van der Waals surface area (Å²) in [6.45, 7) is 3.08. The number of carbonyl (C=O) groups is 1. The first-order valence-electron chi connectivity index (χ1n) is 9.82. The summed E-state index contributed by atoms with van der Waals surface area (Å²) in [6.07, 6.45) is 0.142. The average molecular weight is 465 g/mol. The molecule has 0 saturated carbocycles. The van der Waals surface area contributed by atoms with E-state index in [1.54, 1.807) is 31.4 Å². The molecule has 0 saturated heterocycles. The van der Waals surface area contributed by atoms with Gasteiger partial charge in [0, 0.05) is 30.2 Å². The topological polar surface area (TPSA) is 114 Å². The summed E-state index contributed by atoms with van der Waals surface area (Å²) in [5, 5.41) is 12.9. The summed E-state index contributed by atoms with van der Waals surface area (Å²) < 4.78 is 42.5.